The van der Waals surface area contributed by atoms with E-state index in [0.717, 1.165) is 17.3 Å². The molecule has 1 N–H and O–H groups in total. The van der Waals surface area contributed by atoms with Crippen LogP contribution in [0.25, 0.3) is 0 Å². The number of alkyl halides is 1. The average Bonchev–Trinajstić information content (AvgIpc) is 2.49. The SMILES string of the molecule is COc1cc(C(=O)NCCCCI)cc(OC)c1OC. The van der Waals surface area contributed by atoms with Crippen LogP contribution in [-0.4, -0.2) is 38.2 Å². The van der Waals surface area contributed by atoms with Crippen molar-refractivity contribution in [3.8, 4) is 17.2 Å². The smallest absolute Gasteiger partial charge is 0.251 e. The fraction of sp³-hybridized carbons (Fsp3) is 0.500. The van der Waals surface area contributed by atoms with Gasteiger partial charge in [-0.05, 0) is 29.4 Å². The van der Waals surface area contributed by atoms with Crippen molar-refractivity contribution < 1.29 is 19.0 Å². The third-order valence-electron chi connectivity index (χ3n) is 2.77. The number of amides is 1. The van der Waals surface area contributed by atoms with E-state index in [0.29, 0.717) is 29.4 Å². The Morgan fingerprint density at radius 1 is 1.10 bits per heavy atom. The minimum atomic E-state index is -0.141. The minimum absolute atomic E-state index is 0.141. The maximum atomic E-state index is 12.1. The molecule has 0 aliphatic carbocycles. The van der Waals surface area contributed by atoms with E-state index in [1.165, 1.54) is 21.3 Å². The predicted octanol–water partition coefficient (Wildman–Crippen LogP) is 2.66. The first-order valence-corrected chi connectivity index (χ1v) is 7.84. The monoisotopic (exact) mass is 393 g/mol. The van der Waals surface area contributed by atoms with E-state index in [1.807, 2.05) is 0 Å². The highest BCUT2D eigenvalue weighted by Crippen LogP contribution is 2.38. The number of hydrogen-bond acceptors (Lipinski definition) is 4. The van der Waals surface area contributed by atoms with Crippen molar-refractivity contribution in [1.29, 1.82) is 0 Å². The zero-order valence-electron chi connectivity index (χ0n) is 12.0. The van der Waals surface area contributed by atoms with Gasteiger partial charge < -0.3 is 19.5 Å². The molecular weight excluding hydrogens is 373 g/mol. The van der Waals surface area contributed by atoms with E-state index >= 15 is 0 Å². The summed E-state index contributed by atoms with van der Waals surface area (Å²) in [5.41, 5.74) is 0.494. The summed E-state index contributed by atoms with van der Waals surface area (Å²) in [6.07, 6.45) is 2.06. The molecule has 0 heterocycles. The van der Waals surface area contributed by atoms with Gasteiger partial charge in [0.25, 0.3) is 5.91 Å². The zero-order valence-corrected chi connectivity index (χ0v) is 14.2. The van der Waals surface area contributed by atoms with E-state index in [4.69, 9.17) is 14.2 Å². The molecule has 0 unspecified atom stereocenters. The lowest BCUT2D eigenvalue weighted by atomic mass is 10.1. The molecule has 6 heteroatoms. The quantitative estimate of drug-likeness (QED) is 0.419. The third kappa shape index (κ3) is 4.43. The summed E-state index contributed by atoms with van der Waals surface area (Å²) in [6.45, 7) is 0.665. The summed E-state index contributed by atoms with van der Waals surface area (Å²) in [7, 11) is 4.59. The van der Waals surface area contributed by atoms with Crippen molar-refractivity contribution in [1.82, 2.24) is 5.32 Å². The van der Waals surface area contributed by atoms with Gasteiger partial charge in [-0.25, -0.2) is 0 Å². The number of halogens is 1. The topological polar surface area (TPSA) is 56.8 Å². The third-order valence-corrected chi connectivity index (χ3v) is 3.54. The van der Waals surface area contributed by atoms with Crippen LogP contribution in [0.15, 0.2) is 12.1 Å². The first-order valence-electron chi connectivity index (χ1n) is 6.32. The maximum Gasteiger partial charge on any atom is 0.251 e. The zero-order chi connectivity index (χ0) is 15.0. The summed E-state index contributed by atoms with van der Waals surface area (Å²) in [5.74, 6) is 1.29. The Morgan fingerprint density at radius 3 is 2.15 bits per heavy atom. The van der Waals surface area contributed by atoms with Crippen LogP contribution in [0.2, 0.25) is 0 Å². The van der Waals surface area contributed by atoms with E-state index in [-0.39, 0.29) is 5.91 Å². The molecule has 1 aromatic rings. The van der Waals surface area contributed by atoms with Crippen LogP contribution in [0, 0.1) is 0 Å². The summed E-state index contributed by atoms with van der Waals surface area (Å²) in [6, 6.07) is 3.30. The first-order chi connectivity index (χ1) is 9.67. The molecule has 5 nitrogen and oxygen atoms in total. The molecular formula is C14H20INO4. The number of benzene rings is 1. The number of methoxy groups -OCH3 is 3. The predicted molar refractivity (Wildman–Crippen MR) is 86.6 cm³/mol. The van der Waals surface area contributed by atoms with Crippen LogP contribution in [0.4, 0.5) is 0 Å². The number of carbonyl (C=O) groups excluding carboxylic acids is 1. The lowest BCUT2D eigenvalue weighted by Crippen LogP contribution is -2.24. The number of carbonyl (C=O) groups is 1. The Labute approximate surface area is 133 Å². The van der Waals surface area contributed by atoms with E-state index in [9.17, 15) is 4.79 Å². The van der Waals surface area contributed by atoms with Crippen LogP contribution in [-0.2, 0) is 0 Å². The number of ether oxygens (including phenoxy) is 3. The first kappa shape index (κ1) is 16.9. The van der Waals surface area contributed by atoms with Crippen LogP contribution < -0.4 is 19.5 Å². The van der Waals surface area contributed by atoms with E-state index in [2.05, 4.69) is 27.9 Å². The fourth-order valence-electron chi connectivity index (χ4n) is 1.74. The normalized spacial score (nSPS) is 10.0. The summed E-state index contributed by atoms with van der Waals surface area (Å²) >= 11 is 2.32. The van der Waals surface area contributed by atoms with Crippen molar-refractivity contribution in [2.45, 2.75) is 12.8 Å². The van der Waals surface area contributed by atoms with Crippen LogP contribution in [0.5, 0.6) is 17.2 Å². The average molecular weight is 393 g/mol. The molecule has 0 fully saturated rings. The molecule has 112 valence electrons. The lowest BCUT2D eigenvalue weighted by Gasteiger charge is -2.14. The lowest BCUT2D eigenvalue weighted by molar-refractivity contribution is 0.0952. The molecule has 0 saturated heterocycles. The Hall–Kier alpha value is -1.18. The molecule has 0 atom stereocenters. The van der Waals surface area contributed by atoms with Gasteiger partial charge in [-0.3, -0.25) is 4.79 Å². The number of unbranched alkanes of at least 4 members (excludes halogenated alkanes) is 1. The van der Waals surface area contributed by atoms with Crippen molar-refractivity contribution in [3.05, 3.63) is 17.7 Å². The van der Waals surface area contributed by atoms with Gasteiger partial charge in [-0.15, -0.1) is 0 Å². The molecule has 1 amide bonds. The van der Waals surface area contributed by atoms with Gasteiger partial charge in [-0.1, -0.05) is 22.6 Å². The number of nitrogens with one attached hydrogen (secondary N) is 1. The second-order valence-corrected chi connectivity index (χ2v) is 5.14. The van der Waals surface area contributed by atoms with Gasteiger partial charge in [0.1, 0.15) is 0 Å². The summed E-state index contributed by atoms with van der Waals surface area (Å²) in [4.78, 5) is 12.1. The highest BCUT2D eigenvalue weighted by Gasteiger charge is 2.16. The Morgan fingerprint density at radius 2 is 1.70 bits per heavy atom. The molecule has 0 radical (unpaired) electrons. The van der Waals surface area contributed by atoms with Gasteiger partial charge in [0.15, 0.2) is 11.5 Å². The maximum absolute atomic E-state index is 12.1. The number of hydrogen-bond donors (Lipinski definition) is 1. The van der Waals surface area contributed by atoms with Crippen molar-refractivity contribution in [2.75, 3.05) is 32.3 Å². The van der Waals surface area contributed by atoms with Gasteiger partial charge in [0, 0.05) is 12.1 Å². The van der Waals surface area contributed by atoms with Crippen LogP contribution in [0.3, 0.4) is 0 Å². The molecule has 20 heavy (non-hydrogen) atoms. The Kier molecular flexibility index (Phi) is 7.50. The summed E-state index contributed by atoms with van der Waals surface area (Å²) in [5, 5.41) is 2.88. The Bertz CT molecular complexity index is 426. The van der Waals surface area contributed by atoms with Crippen molar-refractivity contribution in [3.63, 3.8) is 0 Å². The molecule has 0 spiro atoms. The minimum Gasteiger partial charge on any atom is -0.493 e. The number of rotatable bonds is 8. The van der Waals surface area contributed by atoms with Gasteiger partial charge >= 0.3 is 0 Å². The molecule has 0 aliphatic rings. The van der Waals surface area contributed by atoms with Gasteiger partial charge in [0.05, 0.1) is 21.3 Å². The van der Waals surface area contributed by atoms with Crippen LogP contribution in [0.1, 0.15) is 23.2 Å². The fourth-order valence-corrected chi connectivity index (χ4v) is 2.28. The molecule has 1 aromatic carbocycles. The van der Waals surface area contributed by atoms with Gasteiger partial charge in [-0.2, -0.15) is 0 Å². The van der Waals surface area contributed by atoms with E-state index in [1.54, 1.807) is 12.1 Å². The molecule has 0 aliphatic heterocycles. The summed E-state index contributed by atoms with van der Waals surface area (Å²) < 4.78 is 16.8. The van der Waals surface area contributed by atoms with Gasteiger partial charge in [0.2, 0.25) is 5.75 Å². The largest absolute Gasteiger partial charge is 0.493 e. The molecule has 0 bridgehead atoms. The molecule has 1 rings (SSSR count). The highest BCUT2D eigenvalue weighted by atomic mass is 127. The standard InChI is InChI=1S/C14H20INO4/c1-18-11-8-10(9-12(19-2)13(11)20-3)14(17)16-7-5-4-6-15/h8-9H,4-7H2,1-3H3,(H,16,17). The van der Waals surface area contributed by atoms with Crippen molar-refractivity contribution in [2.24, 2.45) is 0 Å². The second-order valence-electron chi connectivity index (χ2n) is 4.07. The van der Waals surface area contributed by atoms with Crippen LogP contribution >= 0.6 is 22.6 Å². The van der Waals surface area contributed by atoms with E-state index < -0.39 is 0 Å². The molecule has 0 aromatic heterocycles. The van der Waals surface area contributed by atoms with Crippen molar-refractivity contribution >= 4 is 28.5 Å². The molecule has 0 saturated carbocycles. The Balaban J connectivity index is 2.86. The second kappa shape index (κ2) is 8.89. The highest BCUT2D eigenvalue weighted by molar-refractivity contribution is 14.1.